The van der Waals surface area contributed by atoms with E-state index in [1.165, 1.54) is 11.4 Å². The van der Waals surface area contributed by atoms with E-state index in [1.54, 1.807) is 0 Å². The highest BCUT2D eigenvalue weighted by molar-refractivity contribution is 5.63. The maximum atomic E-state index is 10.9. The Morgan fingerprint density at radius 1 is 0.704 bits per heavy atom. The Kier molecular flexibility index (Phi) is 6.02. The van der Waals surface area contributed by atoms with Crippen molar-refractivity contribution >= 4 is 23.5 Å². The van der Waals surface area contributed by atoms with Crippen molar-refractivity contribution in [2.45, 2.75) is 25.4 Å². The van der Waals surface area contributed by atoms with E-state index >= 15 is 0 Å². The highest BCUT2D eigenvalue weighted by atomic mass is 16.3. The minimum atomic E-state index is -0.485. The van der Waals surface area contributed by atoms with Crippen LogP contribution < -0.4 is 9.80 Å². The van der Waals surface area contributed by atoms with Crippen molar-refractivity contribution in [3.63, 3.8) is 0 Å². The summed E-state index contributed by atoms with van der Waals surface area (Å²) in [6.07, 6.45) is 6.79. The minimum Gasteiger partial charge on any atom is -0.384 e. The van der Waals surface area contributed by atoms with E-state index in [-0.39, 0.29) is 0 Å². The summed E-state index contributed by atoms with van der Waals surface area (Å²) in [6.45, 7) is 0. The standard InChI is InChI=1S/C24H30N2O/c1-25(2)22-12-8-18(9-13-22)16-20-6-5-7-21(24(20)27)17-19-10-14-23(15-11-19)26(3)4/h8-17,24,27H,5-7H2,1-4H3/b20-16+,21-17+. The highest BCUT2D eigenvalue weighted by Gasteiger charge is 2.21. The normalized spacial score (nSPS) is 18.1. The van der Waals surface area contributed by atoms with E-state index in [0.29, 0.717) is 0 Å². The summed E-state index contributed by atoms with van der Waals surface area (Å²) in [4.78, 5) is 4.18. The smallest absolute Gasteiger partial charge is 0.0967 e. The average molecular weight is 363 g/mol. The SMILES string of the molecule is CN(C)c1ccc(/C=C2\CCC/C(=C\c3ccc(N(C)C)cc3)C2O)cc1. The highest BCUT2D eigenvalue weighted by Crippen LogP contribution is 2.32. The van der Waals surface area contributed by atoms with Crippen molar-refractivity contribution in [2.75, 3.05) is 38.0 Å². The number of hydrogen-bond acceptors (Lipinski definition) is 3. The van der Waals surface area contributed by atoms with Gasteiger partial charge in [0.15, 0.2) is 0 Å². The topological polar surface area (TPSA) is 26.7 Å². The summed E-state index contributed by atoms with van der Waals surface area (Å²) in [6, 6.07) is 16.9. The van der Waals surface area contributed by atoms with Crippen molar-refractivity contribution in [3.8, 4) is 0 Å². The molecule has 1 aliphatic carbocycles. The van der Waals surface area contributed by atoms with Gasteiger partial charge in [0.2, 0.25) is 0 Å². The number of hydrogen-bond donors (Lipinski definition) is 1. The van der Waals surface area contributed by atoms with Crippen LogP contribution in [0.15, 0.2) is 59.7 Å². The van der Waals surface area contributed by atoms with Crippen LogP contribution in [0.1, 0.15) is 30.4 Å². The van der Waals surface area contributed by atoms with Gasteiger partial charge in [-0.3, -0.25) is 0 Å². The summed E-state index contributed by atoms with van der Waals surface area (Å²) in [5.41, 5.74) is 6.87. The summed E-state index contributed by atoms with van der Waals surface area (Å²) in [7, 11) is 8.17. The second kappa shape index (κ2) is 8.45. The van der Waals surface area contributed by atoms with Gasteiger partial charge in [-0.25, -0.2) is 0 Å². The molecule has 3 nitrogen and oxygen atoms in total. The Morgan fingerprint density at radius 2 is 1.07 bits per heavy atom. The van der Waals surface area contributed by atoms with Crippen molar-refractivity contribution in [3.05, 3.63) is 70.8 Å². The maximum absolute atomic E-state index is 10.9. The van der Waals surface area contributed by atoms with Gasteiger partial charge < -0.3 is 14.9 Å². The van der Waals surface area contributed by atoms with Crippen molar-refractivity contribution in [1.29, 1.82) is 0 Å². The van der Waals surface area contributed by atoms with E-state index < -0.39 is 6.10 Å². The van der Waals surface area contributed by atoms with Gasteiger partial charge in [-0.05, 0) is 65.8 Å². The van der Waals surface area contributed by atoms with E-state index in [4.69, 9.17) is 0 Å². The molecule has 0 radical (unpaired) electrons. The third kappa shape index (κ3) is 4.81. The first kappa shape index (κ1) is 19.2. The zero-order chi connectivity index (χ0) is 19.4. The lowest BCUT2D eigenvalue weighted by Gasteiger charge is -2.25. The largest absolute Gasteiger partial charge is 0.384 e. The average Bonchev–Trinajstić information content (AvgIpc) is 2.66. The van der Waals surface area contributed by atoms with Gasteiger partial charge in [-0.1, -0.05) is 36.4 Å². The molecule has 3 rings (SSSR count). The molecule has 0 saturated heterocycles. The Hall–Kier alpha value is -2.52. The fourth-order valence-electron chi connectivity index (χ4n) is 3.48. The third-order valence-electron chi connectivity index (χ3n) is 5.16. The van der Waals surface area contributed by atoms with Gasteiger partial charge in [0.25, 0.3) is 0 Å². The molecule has 0 aliphatic heterocycles. The van der Waals surface area contributed by atoms with Crippen LogP contribution in [0.3, 0.4) is 0 Å². The number of aliphatic hydroxyl groups excluding tert-OH is 1. The van der Waals surface area contributed by atoms with Crippen molar-refractivity contribution in [1.82, 2.24) is 0 Å². The summed E-state index contributed by atoms with van der Waals surface area (Å²) < 4.78 is 0. The number of anilines is 2. The lowest BCUT2D eigenvalue weighted by molar-refractivity contribution is 0.229. The molecule has 1 fully saturated rings. The molecule has 1 aliphatic rings. The summed E-state index contributed by atoms with van der Waals surface area (Å²) in [5, 5.41) is 10.9. The molecule has 0 aromatic heterocycles. The van der Waals surface area contributed by atoms with E-state index in [1.807, 2.05) is 28.2 Å². The Bertz CT molecular complexity index is 745. The molecule has 2 aromatic carbocycles. The van der Waals surface area contributed by atoms with Crippen LogP contribution in [-0.4, -0.2) is 39.4 Å². The van der Waals surface area contributed by atoms with Crippen molar-refractivity contribution in [2.24, 2.45) is 0 Å². The van der Waals surface area contributed by atoms with Crippen LogP contribution in [0.25, 0.3) is 12.2 Å². The van der Waals surface area contributed by atoms with Crippen LogP contribution in [0.4, 0.5) is 11.4 Å². The fraction of sp³-hybridized carbons (Fsp3) is 0.333. The molecule has 1 saturated carbocycles. The van der Waals surface area contributed by atoms with Crippen LogP contribution in [0.2, 0.25) is 0 Å². The Balaban J connectivity index is 1.79. The van der Waals surface area contributed by atoms with Gasteiger partial charge in [0.05, 0.1) is 6.10 Å². The quantitative estimate of drug-likeness (QED) is 0.844. The molecule has 3 heteroatoms. The zero-order valence-electron chi connectivity index (χ0n) is 16.8. The molecule has 0 unspecified atom stereocenters. The lowest BCUT2D eigenvalue weighted by atomic mass is 9.85. The van der Waals surface area contributed by atoms with E-state index in [0.717, 1.165) is 41.5 Å². The molecule has 0 spiro atoms. The zero-order valence-corrected chi connectivity index (χ0v) is 16.8. The molecule has 27 heavy (non-hydrogen) atoms. The molecule has 0 atom stereocenters. The van der Waals surface area contributed by atoms with E-state index in [2.05, 4.69) is 70.5 Å². The fourth-order valence-corrected chi connectivity index (χ4v) is 3.48. The molecule has 1 N–H and O–H groups in total. The number of aliphatic hydroxyl groups is 1. The molecule has 0 heterocycles. The molecular weight excluding hydrogens is 332 g/mol. The Labute approximate surface area is 163 Å². The number of rotatable bonds is 4. The first-order chi connectivity index (χ1) is 12.9. The predicted molar refractivity (Wildman–Crippen MR) is 117 cm³/mol. The molecule has 0 amide bonds. The maximum Gasteiger partial charge on any atom is 0.0967 e. The lowest BCUT2D eigenvalue weighted by Crippen LogP contribution is -2.18. The molecular formula is C24H30N2O. The second-order valence-electron chi connectivity index (χ2n) is 7.67. The van der Waals surface area contributed by atoms with Gasteiger partial charge in [0, 0.05) is 39.6 Å². The monoisotopic (exact) mass is 362 g/mol. The molecule has 2 aromatic rings. The summed E-state index contributed by atoms with van der Waals surface area (Å²) in [5.74, 6) is 0. The molecule has 0 bridgehead atoms. The van der Waals surface area contributed by atoms with Crippen LogP contribution in [-0.2, 0) is 0 Å². The molecule has 142 valence electrons. The van der Waals surface area contributed by atoms with Crippen LogP contribution in [0, 0.1) is 0 Å². The van der Waals surface area contributed by atoms with E-state index in [9.17, 15) is 5.11 Å². The summed E-state index contributed by atoms with van der Waals surface area (Å²) >= 11 is 0. The predicted octanol–water partition coefficient (Wildman–Crippen LogP) is 4.83. The van der Waals surface area contributed by atoms with Gasteiger partial charge in [-0.2, -0.15) is 0 Å². The first-order valence-corrected chi connectivity index (χ1v) is 9.58. The third-order valence-corrected chi connectivity index (χ3v) is 5.16. The number of nitrogens with zero attached hydrogens (tertiary/aromatic N) is 2. The second-order valence-corrected chi connectivity index (χ2v) is 7.67. The first-order valence-electron chi connectivity index (χ1n) is 9.58. The van der Waals surface area contributed by atoms with Crippen LogP contribution in [0.5, 0.6) is 0 Å². The minimum absolute atomic E-state index is 0.485. The number of benzene rings is 2. The Morgan fingerprint density at radius 3 is 1.41 bits per heavy atom. The van der Waals surface area contributed by atoms with Crippen molar-refractivity contribution < 1.29 is 5.11 Å². The van der Waals surface area contributed by atoms with Gasteiger partial charge >= 0.3 is 0 Å². The van der Waals surface area contributed by atoms with Gasteiger partial charge in [0.1, 0.15) is 0 Å². The van der Waals surface area contributed by atoms with Crippen LogP contribution >= 0.6 is 0 Å². The van der Waals surface area contributed by atoms with Gasteiger partial charge in [-0.15, -0.1) is 0 Å².